The first-order chi connectivity index (χ1) is 16.9. The third-order valence-electron chi connectivity index (χ3n) is 6.18. The third kappa shape index (κ3) is 3.36. The summed E-state index contributed by atoms with van der Waals surface area (Å²) in [4.78, 5) is 31.6. The summed E-state index contributed by atoms with van der Waals surface area (Å²) in [6.45, 7) is -0.0111. The summed E-state index contributed by atoms with van der Waals surface area (Å²) in [6.07, 6.45) is 0. The average Bonchev–Trinajstić information content (AvgIpc) is 3.50. The van der Waals surface area contributed by atoms with Crippen molar-refractivity contribution in [3.8, 4) is 39.9 Å². The van der Waals surface area contributed by atoms with Gasteiger partial charge in [0, 0.05) is 18.2 Å². The van der Waals surface area contributed by atoms with Gasteiger partial charge in [0.1, 0.15) is 6.61 Å². The van der Waals surface area contributed by atoms with Crippen LogP contribution in [0.1, 0.15) is 26.3 Å². The molecule has 0 fully saturated rings. The van der Waals surface area contributed by atoms with Crippen molar-refractivity contribution in [2.24, 2.45) is 0 Å². The molecule has 0 saturated carbocycles. The molecule has 0 aromatic heterocycles. The van der Waals surface area contributed by atoms with E-state index < -0.39 is 11.9 Å². The third-order valence-corrected chi connectivity index (χ3v) is 6.18. The topological polar surface area (TPSA) is 102 Å². The molecule has 1 amide bonds. The molecule has 182 valence electrons. The SMILES string of the molecule is COc1cc(-c2c3c(c(C(=O)N(C)OC)c4cc5c(cc24)OCO5)COC3=O)cc(OC)c1OC. The highest BCUT2D eigenvalue weighted by Crippen LogP contribution is 2.49. The second-order valence-corrected chi connectivity index (χ2v) is 7.83. The number of esters is 1. The van der Waals surface area contributed by atoms with Crippen LogP contribution in [0.3, 0.4) is 0 Å². The number of hydrogen-bond donors (Lipinski definition) is 0. The summed E-state index contributed by atoms with van der Waals surface area (Å²) in [7, 11) is 7.42. The summed E-state index contributed by atoms with van der Waals surface area (Å²) >= 11 is 0. The molecule has 3 aromatic rings. The molecule has 0 N–H and O–H groups in total. The number of benzene rings is 3. The molecule has 0 saturated heterocycles. The average molecular weight is 481 g/mol. The number of nitrogens with zero attached hydrogens (tertiary/aromatic N) is 1. The Kier molecular flexibility index (Phi) is 5.52. The molecule has 2 aliphatic heterocycles. The highest BCUT2D eigenvalue weighted by atomic mass is 16.7. The number of amides is 1. The maximum absolute atomic E-state index is 13.4. The predicted octanol–water partition coefficient (Wildman–Crippen LogP) is 3.57. The molecular formula is C25H23NO9. The van der Waals surface area contributed by atoms with Gasteiger partial charge in [0.25, 0.3) is 5.91 Å². The zero-order valence-electron chi connectivity index (χ0n) is 19.8. The minimum Gasteiger partial charge on any atom is -0.493 e. The standard InChI is InChI=1S/C25H23NO9/c1-26(32-5)24(27)21-14-9-17-16(34-11-35-17)8-13(14)20(22-15(21)10-33-25(22)28)12-6-18(29-2)23(31-4)19(7-12)30-3/h6-9H,10-11H2,1-5H3. The van der Waals surface area contributed by atoms with Crippen LogP contribution < -0.4 is 23.7 Å². The van der Waals surface area contributed by atoms with Crippen molar-refractivity contribution in [2.45, 2.75) is 6.61 Å². The summed E-state index contributed by atoms with van der Waals surface area (Å²) in [5.41, 5.74) is 2.18. The van der Waals surface area contributed by atoms with Crippen LogP contribution in [-0.2, 0) is 16.2 Å². The van der Waals surface area contributed by atoms with Gasteiger partial charge in [-0.3, -0.25) is 9.63 Å². The van der Waals surface area contributed by atoms with Gasteiger partial charge in [0.2, 0.25) is 12.5 Å². The molecule has 3 aromatic carbocycles. The second kappa shape index (κ2) is 8.55. The molecule has 10 heteroatoms. The Bertz CT molecular complexity index is 1360. The van der Waals surface area contributed by atoms with Gasteiger partial charge in [-0.1, -0.05) is 0 Å². The van der Waals surface area contributed by atoms with E-state index >= 15 is 0 Å². The Hall–Kier alpha value is -4.18. The van der Waals surface area contributed by atoms with Crippen LogP contribution in [0.5, 0.6) is 28.7 Å². The number of hydroxylamine groups is 2. The highest BCUT2D eigenvalue weighted by molar-refractivity contribution is 6.19. The predicted molar refractivity (Wildman–Crippen MR) is 123 cm³/mol. The molecule has 0 bridgehead atoms. The fraction of sp³-hybridized carbons (Fsp3) is 0.280. The summed E-state index contributed by atoms with van der Waals surface area (Å²) in [5, 5.41) is 2.25. The van der Waals surface area contributed by atoms with Crippen molar-refractivity contribution < 1.29 is 42.8 Å². The smallest absolute Gasteiger partial charge is 0.339 e. The van der Waals surface area contributed by atoms with E-state index in [-0.39, 0.29) is 19.0 Å². The first-order valence-corrected chi connectivity index (χ1v) is 10.6. The monoisotopic (exact) mass is 481 g/mol. The van der Waals surface area contributed by atoms with E-state index in [2.05, 4.69) is 0 Å². The van der Waals surface area contributed by atoms with Crippen LogP contribution >= 0.6 is 0 Å². The second-order valence-electron chi connectivity index (χ2n) is 7.83. The number of carbonyl (C=O) groups is 2. The van der Waals surface area contributed by atoms with E-state index in [0.717, 1.165) is 5.06 Å². The zero-order chi connectivity index (χ0) is 24.9. The molecule has 0 atom stereocenters. The molecule has 0 spiro atoms. The van der Waals surface area contributed by atoms with Crippen LogP contribution in [0.4, 0.5) is 0 Å². The number of cyclic esters (lactones) is 1. The largest absolute Gasteiger partial charge is 0.493 e. The number of hydrogen-bond acceptors (Lipinski definition) is 9. The Balaban J connectivity index is 1.93. The number of fused-ring (bicyclic) bond motifs is 3. The summed E-state index contributed by atoms with van der Waals surface area (Å²) in [6, 6.07) is 6.98. The van der Waals surface area contributed by atoms with E-state index in [4.69, 9.17) is 33.3 Å². The van der Waals surface area contributed by atoms with Crippen LogP contribution in [0.2, 0.25) is 0 Å². The van der Waals surface area contributed by atoms with Crippen molar-refractivity contribution in [2.75, 3.05) is 42.3 Å². The van der Waals surface area contributed by atoms with E-state index in [1.54, 1.807) is 24.3 Å². The maximum Gasteiger partial charge on any atom is 0.339 e. The molecule has 0 aliphatic carbocycles. The van der Waals surface area contributed by atoms with Crippen LogP contribution in [0.15, 0.2) is 24.3 Å². The molecule has 0 radical (unpaired) electrons. The fourth-order valence-electron chi connectivity index (χ4n) is 4.52. The molecular weight excluding hydrogens is 458 g/mol. The first-order valence-electron chi connectivity index (χ1n) is 10.6. The first kappa shape index (κ1) is 22.6. The maximum atomic E-state index is 13.4. The molecule has 2 heterocycles. The van der Waals surface area contributed by atoms with Crippen LogP contribution in [0, 0.1) is 0 Å². The molecule has 2 aliphatic rings. The van der Waals surface area contributed by atoms with Crippen molar-refractivity contribution in [3.63, 3.8) is 0 Å². The molecule has 5 rings (SSSR count). The van der Waals surface area contributed by atoms with Gasteiger partial charge in [-0.2, -0.15) is 0 Å². The summed E-state index contributed by atoms with van der Waals surface area (Å²) in [5.74, 6) is 1.25. The lowest BCUT2D eigenvalue weighted by molar-refractivity contribution is -0.0756. The van der Waals surface area contributed by atoms with E-state index in [0.29, 0.717) is 61.8 Å². The zero-order valence-corrected chi connectivity index (χ0v) is 19.8. The van der Waals surface area contributed by atoms with E-state index in [9.17, 15) is 9.59 Å². The minimum absolute atomic E-state index is 0.0498. The number of rotatable bonds is 6. The minimum atomic E-state index is -0.544. The number of methoxy groups -OCH3 is 3. The number of carbonyl (C=O) groups excluding carboxylic acids is 2. The van der Waals surface area contributed by atoms with Gasteiger partial charge < -0.3 is 28.4 Å². The summed E-state index contributed by atoms with van der Waals surface area (Å²) < 4.78 is 33.1. The van der Waals surface area contributed by atoms with Crippen molar-refractivity contribution >= 4 is 22.6 Å². The Morgan fingerprint density at radius 1 is 0.857 bits per heavy atom. The Labute approximate surface area is 200 Å². The van der Waals surface area contributed by atoms with Gasteiger partial charge in [-0.15, -0.1) is 0 Å². The van der Waals surface area contributed by atoms with Gasteiger partial charge in [0.05, 0.1) is 39.6 Å². The lowest BCUT2D eigenvalue weighted by Gasteiger charge is -2.21. The van der Waals surface area contributed by atoms with Crippen LogP contribution in [0.25, 0.3) is 21.9 Å². The number of ether oxygens (including phenoxy) is 6. The molecule has 35 heavy (non-hydrogen) atoms. The van der Waals surface area contributed by atoms with E-state index in [1.165, 1.54) is 35.5 Å². The van der Waals surface area contributed by atoms with Gasteiger partial charge in [0.15, 0.2) is 23.0 Å². The Morgan fingerprint density at radius 2 is 1.49 bits per heavy atom. The quantitative estimate of drug-likeness (QED) is 0.386. The lowest BCUT2D eigenvalue weighted by atomic mass is 9.86. The Morgan fingerprint density at radius 3 is 2.06 bits per heavy atom. The van der Waals surface area contributed by atoms with E-state index in [1.807, 2.05) is 0 Å². The molecule has 0 unspecified atom stereocenters. The normalized spacial score (nSPS) is 13.5. The van der Waals surface area contributed by atoms with Gasteiger partial charge in [-0.05, 0) is 40.6 Å². The van der Waals surface area contributed by atoms with Gasteiger partial charge in [-0.25, -0.2) is 9.86 Å². The van der Waals surface area contributed by atoms with Crippen molar-refractivity contribution in [1.82, 2.24) is 5.06 Å². The van der Waals surface area contributed by atoms with Gasteiger partial charge >= 0.3 is 5.97 Å². The van der Waals surface area contributed by atoms with Crippen molar-refractivity contribution in [3.05, 3.63) is 41.0 Å². The molecule has 10 nitrogen and oxygen atoms in total. The van der Waals surface area contributed by atoms with Crippen LogP contribution in [-0.4, -0.2) is 59.2 Å². The lowest BCUT2D eigenvalue weighted by Crippen LogP contribution is -2.27. The fourth-order valence-corrected chi connectivity index (χ4v) is 4.52. The van der Waals surface area contributed by atoms with Crippen molar-refractivity contribution in [1.29, 1.82) is 0 Å². The highest BCUT2D eigenvalue weighted by Gasteiger charge is 2.36.